The molecule has 25 heavy (non-hydrogen) atoms. The van der Waals surface area contributed by atoms with Crippen LogP contribution in [0.25, 0.3) is 0 Å². The van der Waals surface area contributed by atoms with E-state index in [0.717, 1.165) is 39.0 Å². The number of hydrogen-bond acceptors (Lipinski definition) is 5. The second-order valence-electron chi connectivity index (χ2n) is 7.44. The second-order valence-corrected chi connectivity index (χ2v) is 7.44. The van der Waals surface area contributed by atoms with Crippen molar-refractivity contribution in [1.82, 2.24) is 14.8 Å². The summed E-state index contributed by atoms with van der Waals surface area (Å²) in [6, 6.07) is 3.64. The Balaban J connectivity index is 1.67. The first-order valence-electron chi connectivity index (χ1n) is 9.14. The minimum absolute atomic E-state index is 0.0600. The molecule has 6 heteroatoms. The Kier molecular flexibility index (Phi) is 6.04. The first-order chi connectivity index (χ1) is 12.1. The maximum absolute atomic E-state index is 12.8. The average molecular weight is 347 g/mol. The zero-order valence-corrected chi connectivity index (χ0v) is 15.3. The summed E-state index contributed by atoms with van der Waals surface area (Å²) in [6.07, 6.45) is 6.49. The van der Waals surface area contributed by atoms with Gasteiger partial charge in [-0.2, -0.15) is 0 Å². The van der Waals surface area contributed by atoms with Crippen LogP contribution >= 0.6 is 0 Å². The molecule has 6 nitrogen and oxygen atoms in total. The van der Waals surface area contributed by atoms with Crippen LogP contribution in [0.4, 0.5) is 0 Å². The van der Waals surface area contributed by atoms with Crippen LogP contribution in [-0.4, -0.2) is 80.3 Å². The number of ether oxygens (including phenoxy) is 2. The van der Waals surface area contributed by atoms with Gasteiger partial charge < -0.3 is 19.3 Å². The van der Waals surface area contributed by atoms with Gasteiger partial charge in [-0.25, -0.2) is 0 Å². The van der Waals surface area contributed by atoms with Crippen LogP contribution in [-0.2, 0) is 9.47 Å². The first kappa shape index (κ1) is 18.3. The molecule has 3 heterocycles. The van der Waals surface area contributed by atoms with Gasteiger partial charge in [-0.1, -0.05) is 0 Å². The fourth-order valence-corrected chi connectivity index (χ4v) is 3.87. The molecular weight excluding hydrogens is 318 g/mol. The third kappa shape index (κ3) is 4.37. The number of likely N-dealkylation sites (N-methyl/N-ethyl adjacent to an activating group) is 1. The van der Waals surface area contributed by atoms with Gasteiger partial charge in [-0.3, -0.25) is 9.78 Å². The van der Waals surface area contributed by atoms with Gasteiger partial charge in [0.15, 0.2) is 0 Å². The summed E-state index contributed by atoms with van der Waals surface area (Å²) in [6.45, 7) is 4.52. The Morgan fingerprint density at radius 1 is 1.52 bits per heavy atom. The fraction of sp³-hybridized carbons (Fsp3) is 0.684. The molecule has 2 aliphatic heterocycles. The van der Waals surface area contributed by atoms with Crippen LogP contribution in [0, 0.1) is 5.41 Å². The highest BCUT2D eigenvalue weighted by Gasteiger charge is 2.47. The van der Waals surface area contributed by atoms with Crippen molar-refractivity contribution in [2.24, 2.45) is 5.41 Å². The summed E-state index contributed by atoms with van der Waals surface area (Å²) in [5, 5.41) is 0. The van der Waals surface area contributed by atoms with Gasteiger partial charge in [0.05, 0.1) is 24.9 Å². The summed E-state index contributed by atoms with van der Waals surface area (Å²) in [5.74, 6) is 0.0600. The second kappa shape index (κ2) is 8.25. The standard InChI is InChI=1S/C19H29N3O3/c1-21(2)10-12-24-15-19-7-4-11-25-17(19)6-9-22(14-19)18(23)16-5-3-8-20-13-16/h3,5,8,13,17H,4,6-7,9-12,14-15H2,1-2H3/t17-,19+/m0/s1. The Morgan fingerprint density at radius 2 is 2.40 bits per heavy atom. The van der Waals surface area contributed by atoms with E-state index in [0.29, 0.717) is 25.3 Å². The molecule has 2 atom stereocenters. The van der Waals surface area contributed by atoms with Crippen LogP contribution in [0.15, 0.2) is 24.5 Å². The Bertz CT molecular complexity index is 566. The lowest BCUT2D eigenvalue weighted by Gasteiger charge is -2.50. The highest BCUT2D eigenvalue weighted by atomic mass is 16.5. The molecule has 1 aromatic rings. The van der Waals surface area contributed by atoms with Crippen molar-refractivity contribution < 1.29 is 14.3 Å². The zero-order chi connectivity index (χ0) is 17.7. The smallest absolute Gasteiger partial charge is 0.255 e. The number of hydrogen-bond donors (Lipinski definition) is 0. The predicted molar refractivity (Wildman–Crippen MR) is 95.5 cm³/mol. The van der Waals surface area contributed by atoms with Crippen molar-refractivity contribution >= 4 is 5.91 Å². The molecule has 0 aliphatic carbocycles. The number of amides is 1. The Labute approximate surface area is 150 Å². The fourth-order valence-electron chi connectivity index (χ4n) is 3.87. The molecule has 1 amide bonds. The van der Waals surface area contributed by atoms with Crippen molar-refractivity contribution in [1.29, 1.82) is 0 Å². The van der Waals surface area contributed by atoms with Crippen molar-refractivity contribution in [3.05, 3.63) is 30.1 Å². The van der Waals surface area contributed by atoms with Crippen LogP contribution in [0.2, 0.25) is 0 Å². The van der Waals surface area contributed by atoms with Gasteiger partial charge in [0.2, 0.25) is 0 Å². The molecule has 0 bridgehead atoms. The molecule has 2 fully saturated rings. The van der Waals surface area contributed by atoms with Crippen LogP contribution in [0.1, 0.15) is 29.6 Å². The van der Waals surface area contributed by atoms with Gasteiger partial charge >= 0.3 is 0 Å². The van der Waals surface area contributed by atoms with E-state index in [9.17, 15) is 4.79 Å². The maximum atomic E-state index is 12.8. The largest absolute Gasteiger partial charge is 0.379 e. The molecule has 0 N–H and O–H groups in total. The van der Waals surface area contributed by atoms with Crippen molar-refractivity contribution in [3.8, 4) is 0 Å². The maximum Gasteiger partial charge on any atom is 0.255 e. The summed E-state index contributed by atoms with van der Waals surface area (Å²) in [5.41, 5.74) is 0.571. The first-order valence-corrected chi connectivity index (χ1v) is 9.14. The summed E-state index contributed by atoms with van der Waals surface area (Å²) >= 11 is 0. The molecule has 0 aromatic carbocycles. The van der Waals surface area contributed by atoms with Gasteiger partial charge in [0, 0.05) is 44.0 Å². The number of carbonyl (C=O) groups is 1. The number of likely N-dealkylation sites (tertiary alicyclic amines) is 1. The molecule has 1 aromatic heterocycles. The van der Waals surface area contributed by atoms with E-state index in [1.165, 1.54) is 0 Å². The predicted octanol–water partition coefficient (Wildman–Crippen LogP) is 1.67. The zero-order valence-electron chi connectivity index (χ0n) is 15.3. The highest BCUT2D eigenvalue weighted by molar-refractivity contribution is 5.94. The minimum Gasteiger partial charge on any atom is -0.379 e. The van der Waals surface area contributed by atoms with Crippen molar-refractivity contribution in [2.45, 2.75) is 25.4 Å². The monoisotopic (exact) mass is 347 g/mol. The summed E-state index contributed by atoms with van der Waals surface area (Å²) < 4.78 is 12.1. The number of nitrogens with zero attached hydrogens (tertiary/aromatic N) is 3. The third-order valence-electron chi connectivity index (χ3n) is 5.26. The molecular formula is C19H29N3O3. The molecule has 0 spiro atoms. The number of fused-ring (bicyclic) bond motifs is 1. The van der Waals surface area contributed by atoms with Gasteiger partial charge in [-0.05, 0) is 45.5 Å². The van der Waals surface area contributed by atoms with Gasteiger partial charge in [-0.15, -0.1) is 0 Å². The van der Waals surface area contributed by atoms with Gasteiger partial charge in [0.1, 0.15) is 0 Å². The van der Waals surface area contributed by atoms with E-state index in [2.05, 4.69) is 9.88 Å². The van der Waals surface area contributed by atoms with Crippen LogP contribution in [0.3, 0.4) is 0 Å². The van der Waals surface area contributed by atoms with E-state index in [1.54, 1.807) is 12.4 Å². The van der Waals surface area contributed by atoms with Crippen molar-refractivity contribution in [2.75, 3.05) is 53.6 Å². The number of carbonyl (C=O) groups excluding carboxylic acids is 1. The normalized spacial score (nSPS) is 26.5. The molecule has 0 unspecified atom stereocenters. The number of piperidine rings is 1. The van der Waals surface area contributed by atoms with E-state index in [-0.39, 0.29) is 17.4 Å². The highest BCUT2D eigenvalue weighted by Crippen LogP contribution is 2.40. The SMILES string of the molecule is CN(C)CCOC[C@]12CCCO[C@H]1CCN(C(=O)c1cccnc1)C2. The molecule has 138 valence electrons. The van der Waals surface area contributed by atoms with Crippen LogP contribution in [0.5, 0.6) is 0 Å². The average Bonchev–Trinajstić information content (AvgIpc) is 2.65. The van der Waals surface area contributed by atoms with E-state index in [4.69, 9.17) is 9.47 Å². The lowest BCUT2D eigenvalue weighted by Crippen LogP contribution is -2.58. The van der Waals surface area contributed by atoms with E-state index in [1.807, 2.05) is 31.1 Å². The Morgan fingerprint density at radius 3 is 3.16 bits per heavy atom. The van der Waals surface area contributed by atoms with E-state index < -0.39 is 0 Å². The molecule has 3 rings (SSSR count). The van der Waals surface area contributed by atoms with Crippen molar-refractivity contribution in [3.63, 3.8) is 0 Å². The molecule has 0 saturated carbocycles. The summed E-state index contributed by atoms with van der Waals surface area (Å²) in [4.78, 5) is 21.0. The van der Waals surface area contributed by atoms with Gasteiger partial charge in [0.25, 0.3) is 5.91 Å². The Hall–Kier alpha value is -1.50. The van der Waals surface area contributed by atoms with E-state index >= 15 is 0 Å². The number of rotatable bonds is 6. The number of aromatic nitrogens is 1. The third-order valence-corrected chi connectivity index (χ3v) is 5.26. The van der Waals surface area contributed by atoms with Crippen LogP contribution < -0.4 is 0 Å². The minimum atomic E-state index is -0.0827. The number of pyridine rings is 1. The molecule has 2 aliphatic rings. The topological polar surface area (TPSA) is 54.9 Å². The molecule has 2 saturated heterocycles. The molecule has 0 radical (unpaired) electrons. The lowest BCUT2D eigenvalue weighted by molar-refractivity contribution is -0.147. The summed E-state index contributed by atoms with van der Waals surface area (Å²) in [7, 11) is 4.09. The lowest BCUT2D eigenvalue weighted by atomic mass is 9.73. The quantitative estimate of drug-likeness (QED) is 0.733.